The average molecular weight is 223 g/mol. The summed E-state index contributed by atoms with van der Waals surface area (Å²) in [5.41, 5.74) is 2.60. The molecule has 0 aliphatic rings. The van der Waals surface area contributed by atoms with Gasteiger partial charge in [-0.3, -0.25) is 0 Å². The van der Waals surface area contributed by atoms with Crippen molar-refractivity contribution < 1.29 is 4.74 Å². The lowest BCUT2D eigenvalue weighted by molar-refractivity contribution is 0.415. The SMILES string of the molecule is COc1cccc([B]CCc2ccccc2)c1. The highest BCUT2D eigenvalue weighted by atomic mass is 16.5. The summed E-state index contributed by atoms with van der Waals surface area (Å²) < 4.78 is 5.20. The molecule has 0 bridgehead atoms. The molecule has 0 saturated heterocycles. The molecule has 0 aliphatic heterocycles. The molecule has 2 rings (SSSR count). The molecule has 1 nitrogen and oxygen atoms in total. The van der Waals surface area contributed by atoms with Gasteiger partial charge in [-0.15, -0.1) is 0 Å². The third-order valence-corrected chi connectivity index (χ3v) is 2.75. The van der Waals surface area contributed by atoms with Crippen LogP contribution in [0, 0.1) is 0 Å². The molecule has 0 amide bonds. The van der Waals surface area contributed by atoms with Crippen LogP contribution >= 0.6 is 0 Å². The van der Waals surface area contributed by atoms with E-state index in [-0.39, 0.29) is 0 Å². The van der Waals surface area contributed by atoms with Gasteiger partial charge in [0.25, 0.3) is 0 Å². The van der Waals surface area contributed by atoms with Crippen LogP contribution in [0.4, 0.5) is 0 Å². The summed E-state index contributed by atoms with van der Waals surface area (Å²) in [6.07, 6.45) is 2.13. The maximum atomic E-state index is 5.20. The molecule has 0 aromatic heterocycles. The smallest absolute Gasteiger partial charge is 0.152 e. The minimum absolute atomic E-state index is 0.915. The molecule has 17 heavy (non-hydrogen) atoms. The monoisotopic (exact) mass is 223 g/mol. The van der Waals surface area contributed by atoms with Crippen LogP contribution in [0.2, 0.25) is 6.32 Å². The zero-order valence-electron chi connectivity index (χ0n) is 10.1. The second-order valence-electron chi connectivity index (χ2n) is 4.01. The zero-order chi connectivity index (χ0) is 11.9. The third kappa shape index (κ3) is 3.67. The first kappa shape index (κ1) is 11.8. The number of benzene rings is 2. The lowest BCUT2D eigenvalue weighted by Crippen LogP contribution is -2.14. The molecular formula is C15H16BO. The van der Waals surface area contributed by atoms with E-state index >= 15 is 0 Å². The number of hydrogen-bond acceptors (Lipinski definition) is 1. The van der Waals surface area contributed by atoms with E-state index in [4.69, 9.17) is 4.74 Å². The Morgan fingerprint density at radius 1 is 1.00 bits per heavy atom. The van der Waals surface area contributed by atoms with Gasteiger partial charge in [0.15, 0.2) is 7.28 Å². The first-order valence-corrected chi connectivity index (χ1v) is 5.89. The van der Waals surface area contributed by atoms with E-state index in [1.807, 2.05) is 12.1 Å². The number of methoxy groups -OCH3 is 1. The Kier molecular flexibility index (Phi) is 4.26. The van der Waals surface area contributed by atoms with Gasteiger partial charge in [-0.05, 0) is 24.1 Å². The summed E-state index contributed by atoms with van der Waals surface area (Å²) in [7, 11) is 3.94. The molecule has 0 atom stereocenters. The van der Waals surface area contributed by atoms with Crippen molar-refractivity contribution in [2.45, 2.75) is 12.7 Å². The third-order valence-electron chi connectivity index (χ3n) is 2.75. The fraction of sp³-hybridized carbons (Fsp3) is 0.200. The summed E-state index contributed by atoms with van der Waals surface area (Å²) in [5, 5.41) is 0. The van der Waals surface area contributed by atoms with Gasteiger partial charge in [-0.1, -0.05) is 54.2 Å². The molecule has 85 valence electrons. The minimum atomic E-state index is 0.915. The largest absolute Gasteiger partial charge is 0.497 e. The predicted octanol–water partition coefficient (Wildman–Crippen LogP) is 2.69. The average Bonchev–Trinajstić information content (AvgIpc) is 2.40. The van der Waals surface area contributed by atoms with Crippen LogP contribution in [0.1, 0.15) is 5.56 Å². The van der Waals surface area contributed by atoms with E-state index in [2.05, 4.69) is 49.7 Å². The standard InChI is InChI=1S/C15H16BO/c1-17-15-9-5-8-14(12-15)16-11-10-13-6-3-2-4-7-13/h2-9,12H,10-11H2,1H3. The van der Waals surface area contributed by atoms with Gasteiger partial charge in [0.2, 0.25) is 0 Å². The van der Waals surface area contributed by atoms with Crippen molar-refractivity contribution in [3.05, 3.63) is 60.2 Å². The summed E-state index contributed by atoms with van der Waals surface area (Å²) in [4.78, 5) is 0. The molecule has 0 unspecified atom stereocenters. The number of ether oxygens (including phenoxy) is 1. The second kappa shape index (κ2) is 6.14. The fourth-order valence-electron chi connectivity index (χ4n) is 1.82. The van der Waals surface area contributed by atoms with Gasteiger partial charge in [0, 0.05) is 0 Å². The molecule has 2 heteroatoms. The molecule has 0 N–H and O–H groups in total. The first-order chi connectivity index (χ1) is 8.38. The Bertz CT molecular complexity index is 453. The molecule has 2 aromatic carbocycles. The molecule has 2 aromatic rings. The van der Waals surface area contributed by atoms with Crippen molar-refractivity contribution in [2.24, 2.45) is 0 Å². The Morgan fingerprint density at radius 2 is 1.82 bits per heavy atom. The van der Waals surface area contributed by atoms with Crippen LogP contribution in [-0.4, -0.2) is 14.4 Å². The van der Waals surface area contributed by atoms with E-state index in [1.54, 1.807) is 7.11 Å². The second-order valence-corrected chi connectivity index (χ2v) is 4.01. The Balaban J connectivity index is 1.86. The highest BCUT2D eigenvalue weighted by Gasteiger charge is 1.98. The maximum Gasteiger partial charge on any atom is 0.152 e. The van der Waals surface area contributed by atoms with Gasteiger partial charge >= 0.3 is 0 Å². The van der Waals surface area contributed by atoms with E-state index in [1.165, 1.54) is 11.0 Å². The van der Waals surface area contributed by atoms with Crippen molar-refractivity contribution >= 4 is 12.7 Å². The van der Waals surface area contributed by atoms with E-state index in [0.29, 0.717) is 0 Å². The normalized spacial score (nSPS) is 9.94. The van der Waals surface area contributed by atoms with Gasteiger partial charge in [-0.2, -0.15) is 0 Å². The summed E-state index contributed by atoms with van der Waals surface area (Å²) in [6.45, 7) is 0. The summed E-state index contributed by atoms with van der Waals surface area (Å²) in [5.74, 6) is 0.915. The van der Waals surface area contributed by atoms with Crippen molar-refractivity contribution in [3.63, 3.8) is 0 Å². The number of hydrogen-bond donors (Lipinski definition) is 0. The number of rotatable bonds is 5. The fourth-order valence-corrected chi connectivity index (χ4v) is 1.82. The quantitative estimate of drug-likeness (QED) is 0.708. The van der Waals surface area contributed by atoms with Crippen LogP contribution in [-0.2, 0) is 6.42 Å². The summed E-state index contributed by atoms with van der Waals surface area (Å²) in [6, 6.07) is 18.7. The molecular weight excluding hydrogens is 207 g/mol. The van der Waals surface area contributed by atoms with Crippen molar-refractivity contribution in [1.29, 1.82) is 0 Å². The molecule has 0 fully saturated rings. The topological polar surface area (TPSA) is 9.23 Å². The Labute approximate surface area is 104 Å². The molecule has 1 radical (unpaired) electrons. The van der Waals surface area contributed by atoms with E-state index in [9.17, 15) is 0 Å². The van der Waals surface area contributed by atoms with Gasteiger partial charge < -0.3 is 4.74 Å². The van der Waals surface area contributed by atoms with Crippen LogP contribution in [0.15, 0.2) is 54.6 Å². The van der Waals surface area contributed by atoms with Crippen molar-refractivity contribution in [1.82, 2.24) is 0 Å². The van der Waals surface area contributed by atoms with Gasteiger partial charge in [-0.25, -0.2) is 0 Å². The first-order valence-electron chi connectivity index (χ1n) is 5.89. The maximum absolute atomic E-state index is 5.20. The predicted molar refractivity (Wildman–Crippen MR) is 73.3 cm³/mol. The van der Waals surface area contributed by atoms with Crippen molar-refractivity contribution in [2.75, 3.05) is 7.11 Å². The molecule has 0 spiro atoms. The van der Waals surface area contributed by atoms with E-state index < -0.39 is 0 Å². The highest BCUT2D eigenvalue weighted by Crippen LogP contribution is 2.06. The Hall–Kier alpha value is -1.70. The van der Waals surface area contributed by atoms with Crippen LogP contribution in [0.25, 0.3) is 0 Å². The highest BCUT2D eigenvalue weighted by molar-refractivity contribution is 6.53. The lowest BCUT2D eigenvalue weighted by Gasteiger charge is -2.03. The Morgan fingerprint density at radius 3 is 2.59 bits per heavy atom. The molecule has 0 aliphatic carbocycles. The number of aryl methyl sites for hydroxylation is 1. The minimum Gasteiger partial charge on any atom is -0.497 e. The van der Waals surface area contributed by atoms with E-state index in [0.717, 1.165) is 18.5 Å². The lowest BCUT2D eigenvalue weighted by atomic mass is 9.66. The van der Waals surface area contributed by atoms with Gasteiger partial charge in [0.05, 0.1) is 7.11 Å². The molecule has 0 saturated carbocycles. The van der Waals surface area contributed by atoms with Gasteiger partial charge in [0.1, 0.15) is 5.75 Å². The van der Waals surface area contributed by atoms with Crippen LogP contribution in [0.3, 0.4) is 0 Å². The summed E-state index contributed by atoms with van der Waals surface area (Å²) >= 11 is 0. The van der Waals surface area contributed by atoms with Crippen LogP contribution < -0.4 is 10.2 Å². The van der Waals surface area contributed by atoms with Crippen LogP contribution in [0.5, 0.6) is 5.75 Å². The zero-order valence-corrected chi connectivity index (χ0v) is 10.1. The van der Waals surface area contributed by atoms with Crippen molar-refractivity contribution in [3.8, 4) is 5.75 Å². The molecule has 0 heterocycles.